The highest BCUT2D eigenvalue weighted by molar-refractivity contribution is 7.84. The maximum absolute atomic E-state index is 11.5. The number of nitro groups is 1. The molecule has 134 valence electrons. The van der Waals surface area contributed by atoms with Crippen LogP contribution in [-0.4, -0.2) is 27.5 Å². The first-order valence-corrected chi connectivity index (χ1v) is 9.33. The van der Waals surface area contributed by atoms with E-state index in [1.54, 1.807) is 43.7 Å². The lowest BCUT2D eigenvalue weighted by Gasteiger charge is -2.11. The van der Waals surface area contributed by atoms with Crippen LogP contribution in [0.15, 0.2) is 53.6 Å². The van der Waals surface area contributed by atoms with Gasteiger partial charge in [0.1, 0.15) is 17.6 Å². The van der Waals surface area contributed by atoms with Gasteiger partial charge in [-0.1, -0.05) is 12.1 Å². The van der Waals surface area contributed by atoms with Crippen LogP contribution in [0.25, 0.3) is 10.9 Å². The molecule has 0 spiro atoms. The lowest BCUT2D eigenvalue weighted by molar-refractivity contribution is -0.384. The standard InChI is InChI=1S/C18H17N3O4S/c1-25-13-5-8-15-16(9-13)19-11-17(21(22)23)18(15)20-10-12-3-6-14(7-4-12)26(2)24/h3-9,11H,10H2,1-2H3,(H,19,20). The summed E-state index contributed by atoms with van der Waals surface area (Å²) < 4.78 is 16.6. The number of hydrogen-bond donors (Lipinski definition) is 1. The van der Waals surface area contributed by atoms with Crippen LogP contribution in [0, 0.1) is 10.1 Å². The van der Waals surface area contributed by atoms with E-state index < -0.39 is 15.7 Å². The summed E-state index contributed by atoms with van der Waals surface area (Å²) in [4.78, 5) is 15.8. The number of benzene rings is 2. The molecule has 0 fully saturated rings. The van der Waals surface area contributed by atoms with Crippen molar-refractivity contribution in [3.63, 3.8) is 0 Å². The van der Waals surface area contributed by atoms with Crippen molar-refractivity contribution < 1.29 is 13.9 Å². The van der Waals surface area contributed by atoms with E-state index in [1.807, 2.05) is 12.1 Å². The Bertz CT molecular complexity index is 990. The quantitative estimate of drug-likeness (QED) is 0.526. The average Bonchev–Trinajstić information content (AvgIpc) is 2.65. The van der Waals surface area contributed by atoms with Crippen LogP contribution in [0.2, 0.25) is 0 Å². The number of nitrogens with zero attached hydrogens (tertiary/aromatic N) is 2. The molecule has 8 heteroatoms. The fourth-order valence-electron chi connectivity index (χ4n) is 2.60. The summed E-state index contributed by atoms with van der Waals surface area (Å²) in [6.45, 7) is 0.391. The Morgan fingerprint density at radius 1 is 1.23 bits per heavy atom. The van der Waals surface area contributed by atoms with Gasteiger partial charge in [0.2, 0.25) is 0 Å². The fourth-order valence-corrected chi connectivity index (χ4v) is 3.12. The fraction of sp³-hybridized carbons (Fsp3) is 0.167. The van der Waals surface area contributed by atoms with Crippen LogP contribution in [-0.2, 0) is 17.3 Å². The molecule has 0 aliphatic rings. The second kappa shape index (κ2) is 7.49. The average molecular weight is 371 g/mol. The van der Waals surface area contributed by atoms with Crippen LogP contribution >= 0.6 is 0 Å². The largest absolute Gasteiger partial charge is 0.497 e. The van der Waals surface area contributed by atoms with Crippen molar-refractivity contribution in [1.82, 2.24) is 4.98 Å². The number of ether oxygens (including phenoxy) is 1. The van der Waals surface area contributed by atoms with Crippen LogP contribution in [0.1, 0.15) is 5.56 Å². The Morgan fingerprint density at radius 3 is 2.58 bits per heavy atom. The Balaban J connectivity index is 1.95. The Kier molecular flexibility index (Phi) is 5.13. The molecule has 0 bridgehead atoms. The summed E-state index contributed by atoms with van der Waals surface area (Å²) in [5.41, 5.74) is 1.85. The van der Waals surface area contributed by atoms with Crippen molar-refractivity contribution in [2.24, 2.45) is 0 Å². The molecule has 1 atom stereocenters. The van der Waals surface area contributed by atoms with Gasteiger partial charge in [-0.2, -0.15) is 0 Å². The predicted octanol–water partition coefficient (Wildman–Crippen LogP) is 3.50. The lowest BCUT2D eigenvalue weighted by Crippen LogP contribution is -2.04. The monoisotopic (exact) mass is 371 g/mol. The number of nitrogens with one attached hydrogen (secondary N) is 1. The first-order chi connectivity index (χ1) is 12.5. The molecule has 26 heavy (non-hydrogen) atoms. The first kappa shape index (κ1) is 17.8. The highest BCUT2D eigenvalue weighted by Gasteiger charge is 2.18. The molecule has 2 aromatic carbocycles. The Morgan fingerprint density at radius 2 is 1.96 bits per heavy atom. The number of anilines is 1. The third-order valence-corrected chi connectivity index (χ3v) is 4.91. The number of rotatable bonds is 6. The van der Waals surface area contributed by atoms with Gasteiger partial charge in [0.25, 0.3) is 0 Å². The zero-order chi connectivity index (χ0) is 18.7. The van der Waals surface area contributed by atoms with Crippen LogP contribution in [0.4, 0.5) is 11.4 Å². The van der Waals surface area contributed by atoms with Gasteiger partial charge in [0.15, 0.2) is 0 Å². The van der Waals surface area contributed by atoms with Crippen LogP contribution in [0.5, 0.6) is 5.75 Å². The van der Waals surface area contributed by atoms with Gasteiger partial charge in [-0.25, -0.2) is 4.98 Å². The van der Waals surface area contributed by atoms with E-state index in [0.29, 0.717) is 28.9 Å². The van der Waals surface area contributed by atoms with Gasteiger partial charge in [-0.3, -0.25) is 14.3 Å². The molecule has 0 saturated heterocycles. The van der Waals surface area contributed by atoms with Crippen molar-refractivity contribution >= 4 is 33.1 Å². The molecular weight excluding hydrogens is 354 g/mol. The Labute approximate surface area is 152 Å². The summed E-state index contributed by atoms with van der Waals surface area (Å²) >= 11 is 0. The normalized spacial score (nSPS) is 11.9. The first-order valence-electron chi connectivity index (χ1n) is 7.77. The van der Waals surface area contributed by atoms with Crippen molar-refractivity contribution in [3.05, 3.63) is 64.3 Å². The predicted molar refractivity (Wildman–Crippen MR) is 101 cm³/mol. The van der Waals surface area contributed by atoms with E-state index in [4.69, 9.17) is 4.74 Å². The second-order valence-corrected chi connectivity index (χ2v) is 6.99. The van der Waals surface area contributed by atoms with Gasteiger partial charge in [-0.05, 0) is 29.8 Å². The molecule has 0 aliphatic carbocycles. The van der Waals surface area contributed by atoms with Crippen molar-refractivity contribution in [1.29, 1.82) is 0 Å². The van der Waals surface area contributed by atoms with Crippen molar-refractivity contribution in [2.45, 2.75) is 11.4 Å². The number of aromatic nitrogens is 1. The van der Waals surface area contributed by atoms with E-state index >= 15 is 0 Å². The highest BCUT2D eigenvalue weighted by atomic mass is 32.2. The maximum Gasteiger partial charge on any atom is 0.311 e. The SMILES string of the molecule is COc1ccc2c(NCc3ccc(S(C)=O)cc3)c([N+](=O)[O-])cnc2c1. The van der Waals surface area contributed by atoms with Gasteiger partial charge in [0, 0.05) is 39.9 Å². The zero-order valence-corrected chi connectivity index (χ0v) is 15.1. The third kappa shape index (κ3) is 3.65. The number of pyridine rings is 1. The maximum atomic E-state index is 11.5. The van der Waals surface area contributed by atoms with E-state index in [-0.39, 0.29) is 5.69 Å². The van der Waals surface area contributed by atoms with Gasteiger partial charge < -0.3 is 10.1 Å². The van der Waals surface area contributed by atoms with Crippen molar-refractivity contribution in [2.75, 3.05) is 18.7 Å². The second-order valence-electron chi connectivity index (χ2n) is 5.61. The highest BCUT2D eigenvalue weighted by Crippen LogP contribution is 2.33. The topological polar surface area (TPSA) is 94.4 Å². The third-order valence-electron chi connectivity index (χ3n) is 3.98. The molecule has 1 N–H and O–H groups in total. The molecule has 1 heterocycles. The van der Waals surface area contributed by atoms with E-state index in [9.17, 15) is 14.3 Å². The summed E-state index contributed by atoms with van der Waals surface area (Å²) in [6, 6.07) is 12.5. The smallest absolute Gasteiger partial charge is 0.311 e. The minimum absolute atomic E-state index is 0.0889. The molecule has 3 aromatic rings. The summed E-state index contributed by atoms with van der Waals surface area (Å²) in [7, 11) is 0.516. The van der Waals surface area contributed by atoms with Crippen molar-refractivity contribution in [3.8, 4) is 5.75 Å². The molecular formula is C18H17N3O4S. The number of hydrogen-bond acceptors (Lipinski definition) is 6. The van der Waals surface area contributed by atoms with Gasteiger partial charge in [-0.15, -0.1) is 0 Å². The molecule has 0 radical (unpaired) electrons. The molecule has 7 nitrogen and oxygen atoms in total. The molecule has 0 aliphatic heterocycles. The van der Waals surface area contributed by atoms with Crippen LogP contribution < -0.4 is 10.1 Å². The number of fused-ring (bicyclic) bond motifs is 1. The summed E-state index contributed by atoms with van der Waals surface area (Å²) in [6.07, 6.45) is 2.86. The van der Waals surface area contributed by atoms with E-state index in [1.165, 1.54) is 6.20 Å². The van der Waals surface area contributed by atoms with Gasteiger partial charge in [0.05, 0.1) is 17.5 Å². The Hall–Kier alpha value is -3.00. The molecule has 0 saturated carbocycles. The van der Waals surface area contributed by atoms with Gasteiger partial charge >= 0.3 is 5.69 Å². The van der Waals surface area contributed by atoms with E-state index in [2.05, 4.69) is 10.3 Å². The summed E-state index contributed by atoms with van der Waals surface area (Å²) in [5.74, 6) is 0.632. The van der Waals surface area contributed by atoms with Crippen LogP contribution in [0.3, 0.4) is 0 Å². The molecule has 3 rings (SSSR count). The minimum Gasteiger partial charge on any atom is -0.497 e. The zero-order valence-electron chi connectivity index (χ0n) is 14.3. The number of methoxy groups -OCH3 is 1. The minimum atomic E-state index is -1.04. The molecule has 1 aromatic heterocycles. The van der Waals surface area contributed by atoms with E-state index in [0.717, 1.165) is 10.5 Å². The molecule has 0 amide bonds. The lowest BCUT2D eigenvalue weighted by atomic mass is 10.1. The molecule has 1 unspecified atom stereocenters. The summed E-state index contributed by atoms with van der Waals surface area (Å²) in [5, 5.41) is 15.2.